The lowest BCUT2D eigenvalue weighted by atomic mass is 10.5. The van der Waals surface area contributed by atoms with E-state index < -0.39 is 0 Å². The van der Waals surface area contributed by atoms with Gasteiger partial charge in [0.2, 0.25) is 5.89 Å². The molecule has 0 radical (unpaired) electrons. The molecule has 7 nitrogen and oxygen atoms in total. The van der Waals surface area contributed by atoms with Crippen LogP contribution in [0.25, 0.3) is 0 Å². The number of nitrogens with zero attached hydrogens (tertiary/aromatic N) is 5. The Morgan fingerprint density at radius 3 is 3.00 bits per heavy atom. The summed E-state index contributed by atoms with van der Waals surface area (Å²) in [5.41, 5.74) is 6.20. The summed E-state index contributed by atoms with van der Waals surface area (Å²) in [5, 5.41) is 12.3. The highest BCUT2D eigenvalue weighted by Gasteiger charge is 2.09. The molecule has 2 heterocycles. The second-order valence-electron chi connectivity index (χ2n) is 4.08. The van der Waals surface area contributed by atoms with E-state index in [1.54, 1.807) is 22.6 Å². The summed E-state index contributed by atoms with van der Waals surface area (Å²) in [7, 11) is 0. The van der Waals surface area contributed by atoms with Gasteiger partial charge < -0.3 is 10.3 Å². The Kier molecular flexibility index (Phi) is 4.32. The molecule has 0 saturated carbocycles. The lowest BCUT2D eigenvalue weighted by Crippen LogP contribution is -2.01. The standard InChI is InChI=1S/C10H16N6OS/c1-7(2)18-6-9-12-10(17-14-9)5-16-4-8(3-11)13-15-16/h4,7H,3,5-6,11H2,1-2H3. The Morgan fingerprint density at radius 2 is 2.33 bits per heavy atom. The van der Waals surface area contributed by atoms with Crippen molar-refractivity contribution in [3.8, 4) is 0 Å². The predicted octanol–water partition coefficient (Wildman–Crippen LogP) is 0.810. The fourth-order valence-electron chi connectivity index (χ4n) is 1.30. The van der Waals surface area contributed by atoms with Gasteiger partial charge in [-0.05, 0) is 5.25 Å². The van der Waals surface area contributed by atoms with Crippen LogP contribution in [0.5, 0.6) is 0 Å². The Labute approximate surface area is 109 Å². The van der Waals surface area contributed by atoms with Crippen molar-refractivity contribution in [3.63, 3.8) is 0 Å². The molecule has 2 rings (SSSR count). The van der Waals surface area contributed by atoms with E-state index in [0.717, 1.165) is 11.4 Å². The van der Waals surface area contributed by atoms with Crippen molar-refractivity contribution in [1.82, 2.24) is 25.1 Å². The third-order valence-electron chi connectivity index (χ3n) is 2.15. The maximum Gasteiger partial charge on any atom is 0.248 e. The van der Waals surface area contributed by atoms with Crippen molar-refractivity contribution in [3.05, 3.63) is 23.6 Å². The molecule has 0 amide bonds. The summed E-state index contributed by atoms with van der Waals surface area (Å²) < 4.78 is 6.78. The van der Waals surface area contributed by atoms with Crippen LogP contribution >= 0.6 is 11.8 Å². The van der Waals surface area contributed by atoms with E-state index >= 15 is 0 Å². The second kappa shape index (κ2) is 5.96. The van der Waals surface area contributed by atoms with Crippen LogP contribution in [0.1, 0.15) is 31.3 Å². The van der Waals surface area contributed by atoms with Crippen molar-refractivity contribution in [2.24, 2.45) is 5.73 Å². The smallest absolute Gasteiger partial charge is 0.248 e. The molecule has 0 aliphatic rings. The summed E-state index contributed by atoms with van der Waals surface area (Å²) in [4.78, 5) is 4.29. The highest BCUT2D eigenvalue weighted by Crippen LogP contribution is 2.14. The first-order valence-electron chi connectivity index (χ1n) is 5.69. The topological polar surface area (TPSA) is 95.7 Å². The minimum absolute atomic E-state index is 0.375. The highest BCUT2D eigenvalue weighted by atomic mass is 32.2. The van der Waals surface area contributed by atoms with Gasteiger partial charge in [-0.3, -0.25) is 0 Å². The molecule has 0 spiro atoms. The SMILES string of the molecule is CC(C)SCc1noc(Cn2cc(CN)nn2)n1. The number of aromatic nitrogens is 5. The molecule has 98 valence electrons. The molecule has 2 N–H and O–H groups in total. The Morgan fingerprint density at radius 1 is 1.50 bits per heavy atom. The van der Waals surface area contributed by atoms with E-state index in [-0.39, 0.29) is 0 Å². The largest absolute Gasteiger partial charge is 0.337 e. The minimum Gasteiger partial charge on any atom is -0.337 e. The molecular formula is C10H16N6OS. The number of hydrogen-bond donors (Lipinski definition) is 1. The Hall–Kier alpha value is -1.41. The quantitative estimate of drug-likeness (QED) is 0.828. The molecular weight excluding hydrogens is 252 g/mol. The van der Waals surface area contributed by atoms with Gasteiger partial charge in [0.25, 0.3) is 0 Å². The van der Waals surface area contributed by atoms with Gasteiger partial charge in [0, 0.05) is 6.54 Å². The maximum absolute atomic E-state index is 5.46. The van der Waals surface area contributed by atoms with E-state index in [2.05, 4.69) is 34.3 Å². The number of rotatable bonds is 6. The zero-order chi connectivity index (χ0) is 13.0. The molecule has 2 aromatic heterocycles. The third kappa shape index (κ3) is 3.54. The second-order valence-corrected chi connectivity index (χ2v) is 5.64. The van der Waals surface area contributed by atoms with Crippen LogP contribution in [-0.2, 0) is 18.8 Å². The Balaban J connectivity index is 1.93. The Bertz CT molecular complexity index is 494. The van der Waals surface area contributed by atoms with E-state index in [9.17, 15) is 0 Å². The highest BCUT2D eigenvalue weighted by molar-refractivity contribution is 7.99. The van der Waals surface area contributed by atoms with Crippen LogP contribution in [-0.4, -0.2) is 30.4 Å². The van der Waals surface area contributed by atoms with Crippen LogP contribution in [0.4, 0.5) is 0 Å². The van der Waals surface area contributed by atoms with Gasteiger partial charge in [0.15, 0.2) is 5.82 Å². The monoisotopic (exact) mass is 268 g/mol. The molecule has 0 bridgehead atoms. The molecule has 18 heavy (non-hydrogen) atoms. The molecule has 0 aliphatic heterocycles. The lowest BCUT2D eigenvalue weighted by molar-refractivity contribution is 0.361. The molecule has 0 atom stereocenters. The molecule has 2 aromatic rings. The maximum atomic E-state index is 5.46. The summed E-state index contributed by atoms with van der Waals surface area (Å²) >= 11 is 1.78. The third-order valence-corrected chi connectivity index (χ3v) is 3.24. The van der Waals surface area contributed by atoms with Crippen LogP contribution < -0.4 is 5.73 Å². The van der Waals surface area contributed by atoms with Crippen LogP contribution in [0.3, 0.4) is 0 Å². The number of thioether (sulfide) groups is 1. The minimum atomic E-state index is 0.375. The first-order valence-corrected chi connectivity index (χ1v) is 6.74. The summed E-state index contributed by atoms with van der Waals surface area (Å²) in [5.74, 6) is 2.00. The van der Waals surface area contributed by atoms with Crippen molar-refractivity contribution in [1.29, 1.82) is 0 Å². The van der Waals surface area contributed by atoms with E-state index in [1.165, 1.54) is 0 Å². The summed E-state index contributed by atoms with van der Waals surface area (Å²) in [6.45, 7) is 5.07. The van der Waals surface area contributed by atoms with Gasteiger partial charge in [-0.2, -0.15) is 16.7 Å². The fourth-order valence-corrected chi connectivity index (χ4v) is 1.90. The van der Waals surface area contributed by atoms with Crippen molar-refractivity contribution in [2.75, 3.05) is 0 Å². The van der Waals surface area contributed by atoms with Gasteiger partial charge >= 0.3 is 0 Å². The number of hydrogen-bond acceptors (Lipinski definition) is 7. The van der Waals surface area contributed by atoms with Gasteiger partial charge in [-0.15, -0.1) is 5.10 Å². The zero-order valence-corrected chi connectivity index (χ0v) is 11.2. The van der Waals surface area contributed by atoms with Gasteiger partial charge in [0.1, 0.15) is 6.54 Å². The van der Waals surface area contributed by atoms with Crippen molar-refractivity contribution < 1.29 is 4.52 Å². The molecule has 0 unspecified atom stereocenters. The van der Waals surface area contributed by atoms with Crippen LogP contribution in [0.2, 0.25) is 0 Å². The predicted molar refractivity (Wildman–Crippen MR) is 67.7 cm³/mol. The average molecular weight is 268 g/mol. The zero-order valence-electron chi connectivity index (χ0n) is 10.4. The first kappa shape index (κ1) is 13.0. The van der Waals surface area contributed by atoms with E-state index in [1.807, 2.05) is 0 Å². The summed E-state index contributed by atoms with van der Waals surface area (Å²) in [6.07, 6.45) is 1.77. The molecule has 0 fully saturated rings. The van der Waals surface area contributed by atoms with Crippen molar-refractivity contribution in [2.45, 2.75) is 37.9 Å². The van der Waals surface area contributed by atoms with Gasteiger partial charge in [-0.25, -0.2) is 4.68 Å². The normalized spacial score (nSPS) is 11.3. The molecule has 0 saturated heterocycles. The van der Waals surface area contributed by atoms with Crippen molar-refractivity contribution >= 4 is 11.8 Å². The van der Waals surface area contributed by atoms with Gasteiger partial charge in [-0.1, -0.05) is 24.2 Å². The number of nitrogens with two attached hydrogens (primary N) is 1. The molecule has 0 aliphatic carbocycles. The van der Waals surface area contributed by atoms with E-state index in [0.29, 0.717) is 30.1 Å². The average Bonchev–Trinajstić information content (AvgIpc) is 2.96. The van der Waals surface area contributed by atoms with Crippen LogP contribution in [0, 0.1) is 0 Å². The lowest BCUT2D eigenvalue weighted by Gasteiger charge is -1.99. The summed E-state index contributed by atoms with van der Waals surface area (Å²) in [6, 6.07) is 0. The molecule has 8 heteroatoms. The van der Waals surface area contributed by atoms with Gasteiger partial charge in [0.05, 0.1) is 17.6 Å². The fraction of sp³-hybridized carbons (Fsp3) is 0.600. The van der Waals surface area contributed by atoms with Crippen LogP contribution in [0.15, 0.2) is 10.7 Å². The van der Waals surface area contributed by atoms with E-state index in [4.69, 9.17) is 10.3 Å². The molecule has 0 aromatic carbocycles. The first-order chi connectivity index (χ1) is 8.67.